The van der Waals surface area contributed by atoms with Gasteiger partial charge in [0.25, 0.3) is 0 Å². The van der Waals surface area contributed by atoms with Crippen LogP contribution >= 0.6 is 8.25 Å². The molecule has 0 aliphatic rings. The van der Waals surface area contributed by atoms with Crippen molar-refractivity contribution < 1.29 is 19.1 Å². The van der Waals surface area contributed by atoms with Gasteiger partial charge < -0.3 is 4.90 Å². The largest absolute Gasteiger partial charge is 0.692 e. The van der Waals surface area contributed by atoms with Crippen molar-refractivity contribution in [2.45, 2.75) is 32.7 Å². The topological polar surface area (TPSA) is 77.8 Å². The highest BCUT2D eigenvalue weighted by Gasteiger charge is 2.23. The molecular weight excluding hydrogens is 217 g/mol. The minimum atomic E-state index is -2.87. The van der Waals surface area contributed by atoms with E-state index in [1.54, 1.807) is 11.9 Å². The molecule has 0 heterocycles. The highest BCUT2D eigenvalue weighted by Crippen LogP contribution is 2.16. The van der Waals surface area contributed by atoms with Crippen molar-refractivity contribution in [2.75, 3.05) is 7.05 Å². The number of rotatable bonds is 3. The highest BCUT2D eigenvalue weighted by atomic mass is 31.1. The Morgan fingerprint density at radius 3 is 2.07 bits per heavy atom. The summed E-state index contributed by atoms with van der Waals surface area (Å²) in [6, 6.07) is 0. The van der Waals surface area contributed by atoms with Gasteiger partial charge in [-0.25, -0.2) is 0 Å². The number of amides is 1. The standard InChI is InChI=1S/C9H17NO.HO3P/c1-6-8(11)10(5)9(3,4)7-2;1-4(2)3/h6H,1,7H2,2-5H3;(H-,1,2,3)/p+1. The molecule has 0 aromatic carbocycles. The van der Waals surface area contributed by atoms with Crippen molar-refractivity contribution in [3.05, 3.63) is 12.7 Å². The van der Waals surface area contributed by atoms with E-state index in [-0.39, 0.29) is 11.4 Å². The van der Waals surface area contributed by atoms with Crippen LogP contribution in [0, 0.1) is 0 Å². The van der Waals surface area contributed by atoms with Gasteiger partial charge in [-0.15, -0.1) is 9.79 Å². The van der Waals surface area contributed by atoms with E-state index in [9.17, 15) is 4.79 Å². The van der Waals surface area contributed by atoms with Crippen LogP contribution in [0.2, 0.25) is 0 Å². The Balaban J connectivity index is 0. The molecule has 0 aromatic rings. The van der Waals surface area contributed by atoms with Crippen molar-refractivity contribution in [2.24, 2.45) is 0 Å². The second-order valence-corrected chi connectivity index (χ2v) is 4.03. The van der Waals surface area contributed by atoms with Gasteiger partial charge >= 0.3 is 8.25 Å². The second-order valence-electron chi connectivity index (χ2n) is 3.52. The van der Waals surface area contributed by atoms with Gasteiger partial charge in [0, 0.05) is 17.2 Å². The van der Waals surface area contributed by atoms with Crippen LogP contribution in [0.25, 0.3) is 0 Å². The number of hydrogen-bond acceptors (Lipinski definition) is 2. The molecule has 0 saturated heterocycles. The number of carbonyl (C=O) groups excluding carboxylic acids is 1. The van der Waals surface area contributed by atoms with E-state index in [4.69, 9.17) is 14.4 Å². The number of likely N-dealkylation sites (N-methyl/N-ethyl adjacent to an activating group) is 1. The molecule has 0 unspecified atom stereocenters. The Labute approximate surface area is 91.4 Å². The molecule has 0 spiro atoms. The molecule has 5 nitrogen and oxygen atoms in total. The minimum absolute atomic E-state index is 0.0168. The Morgan fingerprint density at radius 1 is 1.53 bits per heavy atom. The van der Waals surface area contributed by atoms with E-state index in [0.29, 0.717) is 0 Å². The normalized spacial score (nSPS) is 9.73. The summed E-state index contributed by atoms with van der Waals surface area (Å²) in [5.74, 6) is -0.0168. The molecule has 6 heteroatoms. The van der Waals surface area contributed by atoms with Crippen LogP contribution in [0.1, 0.15) is 27.2 Å². The lowest BCUT2D eigenvalue weighted by Crippen LogP contribution is -2.43. The van der Waals surface area contributed by atoms with E-state index in [0.717, 1.165) is 6.42 Å². The predicted molar refractivity (Wildman–Crippen MR) is 59.4 cm³/mol. The van der Waals surface area contributed by atoms with Gasteiger partial charge in [0.15, 0.2) is 0 Å². The zero-order valence-electron chi connectivity index (χ0n) is 9.60. The van der Waals surface area contributed by atoms with Crippen molar-refractivity contribution in [1.29, 1.82) is 0 Å². The number of carbonyl (C=O) groups is 1. The molecule has 0 atom stereocenters. The van der Waals surface area contributed by atoms with Gasteiger partial charge in [0.05, 0.1) is 0 Å². The summed E-state index contributed by atoms with van der Waals surface area (Å²) in [4.78, 5) is 27.1. The predicted octanol–water partition coefficient (Wildman–Crippen LogP) is 1.45. The van der Waals surface area contributed by atoms with Gasteiger partial charge in [-0.1, -0.05) is 13.5 Å². The lowest BCUT2D eigenvalue weighted by Gasteiger charge is -2.33. The van der Waals surface area contributed by atoms with Crippen LogP contribution in [0.4, 0.5) is 0 Å². The van der Waals surface area contributed by atoms with E-state index in [1.807, 2.05) is 13.8 Å². The summed E-state index contributed by atoms with van der Waals surface area (Å²) in [5.41, 5.74) is -0.0642. The molecular formula is C9H19NO4P+. The molecule has 88 valence electrons. The first kappa shape index (κ1) is 16.7. The third-order valence-electron chi connectivity index (χ3n) is 2.28. The maximum absolute atomic E-state index is 11.1. The molecule has 0 fully saturated rings. The highest BCUT2D eigenvalue weighted by molar-refractivity contribution is 7.30. The Kier molecular flexibility index (Phi) is 8.34. The van der Waals surface area contributed by atoms with Gasteiger partial charge in [0.2, 0.25) is 5.91 Å². The molecule has 0 bridgehead atoms. The van der Waals surface area contributed by atoms with Gasteiger partial charge in [-0.3, -0.25) is 4.79 Å². The zero-order chi connectivity index (χ0) is 12.6. The van der Waals surface area contributed by atoms with Crippen LogP contribution < -0.4 is 0 Å². The smallest absolute Gasteiger partial charge is 0.337 e. The SMILES string of the molecule is C=CC(=O)N(C)C(C)(C)CC.O=[P+](O)O. The quantitative estimate of drug-likeness (QED) is 0.574. The van der Waals surface area contributed by atoms with Crippen LogP contribution in [0.3, 0.4) is 0 Å². The summed E-state index contributed by atoms with van der Waals surface area (Å²) in [6.45, 7) is 9.57. The molecule has 0 saturated carbocycles. The summed E-state index contributed by atoms with van der Waals surface area (Å²) in [7, 11) is -1.07. The minimum Gasteiger partial charge on any atom is -0.337 e. The Bertz CT molecular complexity index is 236. The average molecular weight is 236 g/mol. The van der Waals surface area contributed by atoms with E-state index in [2.05, 4.69) is 13.5 Å². The zero-order valence-corrected chi connectivity index (χ0v) is 10.5. The Hall–Kier alpha value is -0.770. The maximum Gasteiger partial charge on any atom is 0.692 e. The van der Waals surface area contributed by atoms with Crippen LogP contribution in [0.5, 0.6) is 0 Å². The van der Waals surface area contributed by atoms with E-state index in [1.165, 1.54) is 6.08 Å². The van der Waals surface area contributed by atoms with Crippen molar-refractivity contribution in [1.82, 2.24) is 4.90 Å². The molecule has 0 aromatic heterocycles. The molecule has 15 heavy (non-hydrogen) atoms. The lowest BCUT2D eigenvalue weighted by atomic mass is 10.00. The van der Waals surface area contributed by atoms with Gasteiger partial charge in [-0.2, -0.15) is 0 Å². The third-order valence-corrected chi connectivity index (χ3v) is 2.28. The maximum atomic E-state index is 11.1. The van der Waals surface area contributed by atoms with Crippen molar-refractivity contribution in [3.63, 3.8) is 0 Å². The van der Waals surface area contributed by atoms with Crippen LogP contribution in [0.15, 0.2) is 12.7 Å². The van der Waals surface area contributed by atoms with E-state index >= 15 is 0 Å². The van der Waals surface area contributed by atoms with Gasteiger partial charge in [-0.05, 0) is 26.3 Å². The first-order valence-corrected chi connectivity index (χ1v) is 5.60. The molecule has 0 radical (unpaired) electrons. The Morgan fingerprint density at radius 2 is 1.87 bits per heavy atom. The molecule has 0 rings (SSSR count). The summed E-state index contributed by atoms with van der Waals surface area (Å²) < 4.78 is 8.70. The molecule has 2 N–H and O–H groups in total. The third kappa shape index (κ3) is 8.24. The number of nitrogens with zero attached hydrogens (tertiary/aromatic N) is 1. The number of hydrogen-bond donors (Lipinski definition) is 2. The van der Waals surface area contributed by atoms with Crippen molar-refractivity contribution >= 4 is 14.2 Å². The summed E-state index contributed by atoms with van der Waals surface area (Å²) >= 11 is 0. The van der Waals surface area contributed by atoms with Crippen LogP contribution in [-0.2, 0) is 9.36 Å². The van der Waals surface area contributed by atoms with Gasteiger partial charge in [0.1, 0.15) is 0 Å². The molecule has 0 aliphatic heterocycles. The first-order chi connectivity index (χ1) is 6.68. The fourth-order valence-corrected chi connectivity index (χ4v) is 0.672. The lowest BCUT2D eigenvalue weighted by molar-refractivity contribution is -0.129. The average Bonchev–Trinajstić information content (AvgIpc) is 2.14. The monoisotopic (exact) mass is 236 g/mol. The summed E-state index contributed by atoms with van der Waals surface area (Å²) in [6.07, 6.45) is 2.29. The summed E-state index contributed by atoms with van der Waals surface area (Å²) in [5, 5.41) is 0. The fourth-order valence-electron chi connectivity index (χ4n) is 0.672. The van der Waals surface area contributed by atoms with E-state index < -0.39 is 8.25 Å². The second kappa shape index (κ2) is 7.51. The first-order valence-electron chi connectivity index (χ1n) is 4.44. The van der Waals surface area contributed by atoms with Crippen molar-refractivity contribution in [3.8, 4) is 0 Å². The molecule has 0 aliphatic carbocycles. The van der Waals surface area contributed by atoms with Crippen LogP contribution in [-0.4, -0.2) is 33.2 Å². The fraction of sp³-hybridized carbons (Fsp3) is 0.667. The molecule has 1 amide bonds.